The van der Waals surface area contributed by atoms with E-state index in [9.17, 15) is 4.79 Å². The summed E-state index contributed by atoms with van der Waals surface area (Å²) in [7, 11) is 0. The van der Waals surface area contributed by atoms with Gasteiger partial charge in [-0.3, -0.25) is 4.79 Å². The molecular weight excluding hydrogens is 236 g/mol. The van der Waals surface area contributed by atoms with E-state index in [0.29, 0.717) is 5.56 Å². The SMILES string of the molecule is Cc1cccc(/C=N/NC(=O)c2cccc(C)c2)c1. The Hall–Kier alpha value is -2.42. The maximum absolute atomic E-state index is 11.8. The number of carbonyl (C=O) groups excluding carboxylic acids is 1. The van der Waals surface area contributed by atoms with Crippen molar-refractivity contribution < 1.29 is 4.79 Å². The molecule has 3 heteroatoms. The normalized spacial score (nSPS) is 10.6. The Labute approximate surface area is 113 Å². The lowest BCUT2D eigenvalue weighted by Gasteiger charge is -2.01. The first-order chi connectivity index (χ1) is 9.15. The molecule has 0 atom stereocenters. The van der Waals surface area contributed by atoms with Gasteiger partial charge in [-0.1, -0.05) is 47.5 Å². The van der Waals surface area contributed by atoms with Gasteiger partial charge in [0.15, 0.2) is 0 Å². The van der Waals surface area contributed by atoms with E-state index in [1.807, 2.05) is 56.3 Å². The molecule has 2 aromatic carbocycles. The van der Waals surface area contributed by atoms with Crippen LogP contribution in [0.2, 0.25) is 0 Å². The van der Waals surface area contributed by atoms with Crippen molar-refractivity contribution in [3.05, 3.63) is 70.8 Å². The zero-order chi connectivity index (χ0) is 13.7. The zero-order valence-electron chi connectivity index (χ0n) is 11.1. The van der Waals surface area contributed by atoms with E-state index in [0.717, 1.165) is 16.7 Å². The lowest BCUT2D eigenvalue weighted by molar-refractivity contribution is 0.0955. The molecule has 2 aromatic rings. The molecule has 2 rings (SSSR count). The van der Waals surface area contributed by atoms with E-state index >= 15 is 0 Å². The molecule has 19 heavy (non-hydrogen) atoms. The van der Waals surface area contributed by atoms with Crippen LogP contribution in [0.15, 0.2) is 53.6 Å². The van der Waals surface area contributed by atoms with Gasteiger partial charge in [-0.25, -0.2) is 5.43 Å². The highest BCUT2D eigenvalue weighted by atomic mass is 16.2. The lowest BCUT2D eigenvalue weighted by Crippen LogP contribution is -2.17. The standard InChI is InChI=1S/C16H16N2O/c1-12-5-3-7-14(9-12)11-17-18-16(19)15-8-4-6-13(2)10-15/h3-11H,1-2H3,(H,18,19)/b17-11+. The van der Waals surface area contributed by atoms with Crippen molar-refractivity contribution in [1.82, 2.24) is 5.43 Å². The molecule has 0 aliphatic rings. The van der Waals surface area contributed by atoms with Gasteiger partial charge in [-0.15, -0.1) is 0 Å². The highest BCUT2D eigenvalue weighted by Crippen LogP contribution is 2.04. The summed E-state index contributed by atoms with van der Waals surface area (Å²) in [6.07, 6.45) is 1.64. The topological polar surface area (TPSA) is 41.5 Å². The van der Waals surface area contributed by atoms with E-state index in [-0.39, 0.29) is 5.91 Å². The molecule has 0 radical (unpaired) electrons. The summed E-state index contributed by atoms with van der Waals surface area (Å²) in [5.41, 5.74) is 6.31. The van der Waals surface area contributed by atoms with Crippen LogP contribution in [-0.4, -0.2) is 12.1 Å². The number of hydrogen-bond donors (Lipinski definition) is 1. The van der Waals surface area contributed by atoms with Crippen molar-refractivity contribution in [3.8, 4) is 0 Å². The van der Waals surface area contributed by atoms with Crippen molar-refractivity contribution in [2.24, 2.45) is 5.10 Å². The second-order valence-electron chi connectivity index (χ2n) is 4.48. The number of carbonyl (C=O) groups is 1. The van der Waals surface area contributed by atoms with Crippen LogP contribution < -0.4 is 5.43 Å². The second kappa shape index (κ2) is 5.96. The Morgan fingerprint density at radius 3 is 2.42 bits per heavy atom. The van der Waals surface area contributed by atoms with Crippen LogP contribution in [0.5, 0.6) is 0 Å². The lowest BCUT2D eigenvalue weighted by atomic mass is 10.1. The summed E-state index contributed by atoms with van der Waals surface area (Å²) in [4.78, 5) is 11.8. The Balaban J connectivity index is 2.01. The highest BCUT2D eigenvalue weighted by molar-refractivity contribution is 5.95. The Kier molecular flexibility index (Phi) is 4.08. The third-order valence-corrected chi connectivity index (χ3v) is 2.70. The number of nitrogens with zero attached hydrogens (tertiary/aromatic N) is 1. The number of hydrazone groups is 1. The summed E-state index contributed by atoms with van der Waals surface area (Å²) < 4.78 is 0. The minimum Gasteiger partial charge on any atom is -0.267 e. The van der Waals surface area contributed by atoms with Gasteiger partial charge in [-0.05, 0) is 31.5 Å². The number of amides is 1. The zero-order valence-corrected chi connectivity index (χ0v) is 11.1. The second-order valence-corrected chi connectivity index (χ2v) is 4.48. The molecule has 1 N–H and O–H groups in total. The van der Waals surface area contributed by atoms with Crippen molar-refractivity contribution in [2.75, 3.05) is 0 Å². The number of aryl methyl sites for hydroxylation is 2. The van der Waals surface area contributed by atoms with Gasteiger partial charge in [0.2, 0.25) is 0 Å². The van der Waals surface area contributed by atoms with E-state index in [1.54, 1.807) is 12.3 Å². The van der Waals surface area contributed by atoms with Gasteiger partial charge in [0.05, 0.1) is 6.21 Å². The molecule has 0 saturated carbocycles. The molecule has 1 amide bonds. The van der Waals surface area contributed by atoms with Crippen LogP contribution in [0.25, 0.3) is 0 Å². The summed E-state index contributed by atoms with van der Waals surface area (Å²) >= 11 is 0. The Bertz CT molecular complexity index is 618. The number of hydrogen-bond acceptors (Lipinski definition) is 2. The summed E-state index contributed by atoms with van der Waals surface area (Å²) in [5, 5.41) is 3.96. The monoisotopic (exact) mass is 252 g/mol. The van der Waals surface area contributed by atoms with E-state index < -0.39 is 0 Å². The van der Waals surface area contributed by atoms with Gasteiger partial charge in [-0.2, -0.15) is 5.10 Å². The molecule has 3 nitrogen and oxygen atoms in total. The highest BCUT2D eigenvalue weighted by Gasteiger charge is 2.02. The van der Waals surface area contributed by atoms with Crippen molar-refractivity contribution in [2.45, 2.75) is 13.8 Å². The fraction of sp³-hybridized carbons (Fsp3) is 0.125. The fourth-order valence-corrected chi connectivity index (χ4v) is 1.77. The van der Waals surface area contributed by atoms with Gasteiger partial charge >= 0.3 is 0 Å². The number of nitrogens with one attached hydrogen (secondary N) is 1. The van der Waals surface area contributed by atoms with Crippen LogP contribution in [0.3, 0.4) is 0 Å². The van der Waals surface area contributed by atoms with Crippen LogP contribution >= 0.6 is 0 Å². The third-order valence-electron chi connectivity index (χ3n) is 2.70. The predicted octanol–water partition coefficient (Wildman–Crippen LogP) is 3.07. The summed E-state index contributed by atoms with van der Waals surface area (Å²) in [6, 6.07) is 15.3. The molecule has 0 aliphatic carbocycles. The fourth-order valence-electron chi connectivity index (χ4n) is 1.77. The Morgan fingerprint density at radius 1 is 1.05 bits per heavy atom. The minimum atomic E-state index is -0.201. The Morgan fingerprint density at radius 2 is 1.74 bits per heavy atom. The first kappa shape index (κ1) is 13.0. The smallest absolute Gasteiger partial charge is 0.267 e. The van der Waals surface area contributed by atoms with Gasteiger partial charge < -0.3 is 0 Å². The maximum atomic E-state index is 11.8. The van der Waals surface area contributed by atoms with E-state index in [1.165, 1.54) is 0 Å². The molecule has 96 valence electrons. The molecule has 0 fully saturated rings. The average molecular weight is 252 g/mol. The first-order valence-corrected chi connectivity index (χ1v) is 6.12. The van der Waals surface area contributed by atoms with Crippen molar-refractivity contribution in [1.29, 1.82) is 0 Å². The largest absolute Gasteiger partial charge is 0.271 e. The van der Waals surface area contributed by atoms with Crippen molar-refractivity contribution in [3.63, 3.8) is 0 Å². The van der Waals surface area contributed by atoms with E-state index in [2.05, 4.69) is 10.5 Å². The molecule has 0 unspecified atom stereocenters. The van der Waals surface area contributed by atoms with Gasteiger partial charge in [0, 0.05) is 5.56 Å². The quantitative estimate of drug-likeness (QED) is 0.662. The number of rotatable bonds is 3. The molecule has 0 spiro atoms. The number of benzene rings is 2. The van der Waals surface area contributed by atoms with Crippen molar-refractivity contribution >= 4 is 12.1 Å². The van der Waals surface area contributed by atoms with Crippen LogP contribution in [0.4, 0.5) is 0 Å². The van der Waals surface area contributed by atoms with Crippen LogP contribution in [0.1, 0.15) is 27.0 Å². The molecule has 0 aromatic heterocycles. The molecule has 0 aliphatic heterocycles. The average Bonchev–Trinajstić information content (AvgIpc) is 2.38. The predicted molar refractivity (Wildman–Crippen MR) is 77.4 cm³/mol. The molecule has 0 heterocycles. The third kappa shape index (κ3) is 3.78. The van der Waals surface area contributed by atoms with Crippen LogP contribution in [-0.2, 0) is 0 Å². The maximum Gasteiger partial charge on any atom is 0.271 e. The van der Waals surface area contributed by atoms with Gasteiger partial charge in [0.1, 0.15) is 0 Å². The van der Waals surface area contributed by atoms with Crippen LogP contribution in [0, 0.1) is 13.8 Å². The summed E-state index contributed by atoms with van der Waals surface area (Å²) in [5.74, 6) is -0.201. The molecule has 0 saturated heterocycles. The minimum absolute atomic E-state index is 0.201. The first-order valence-electron chi connectivity index (χ1n) is 6.12. The molecular formula is C16H16N2O. The van der Waals surface area contributed by atoms with E-state index in [4.69, 9.17) is 0 Å². The van der Waals surface area contributed by atoms with Gasteiger partial charge in [0.25, 0.3) is 5.91 Å². The molecule has 0 bridgehead atoms. The summed E-state index contributed by atoms with van der Waals surface area (Å²) in [6.45, 7) is 3.97.